The van der Waals surface area contributed by atoms with Crippen molar-refractivity contribution >= 4 is 11.6 Å². The lowest BCUT2D eigenvalue weighted by Gasteiger charge is -2.33. The molecule has 2 aromatic carbocycles. The second-order valence-electron chi connectivity index (χ2n) is 7.81. The van der Waals surface area contributed by atoms with Crippen LogP contribution in [0, 0.1) is 17.5 Å². The quantitative estimate of drug-likeness (QED) is 0.376. The zero-order valence-electron chi connectivity index (χ0n) is 17.8. The molecule has 0 aliphatic carbocycles. The van der Waals surface area contributed by atoms with Crippen molar-refractivity contribution in [2.45, 2.75) is 24.9 Å². The number of fused-ring (bicyclic) bond motifs is 1. The highest BCUT2D eigenvalue weighted by Gasteiger charge is 2.50. The molecule has 0 saturated carbocycles. The molecule has 1 atom stereocenters. The van der Waals surface area contributed by atoms with Crippen molar-refractivity contribution in [1.29, 1.82) is 0 Å². The molecule has 3 N–H and O–H groups in total. The highest BCUT2D eigenvalue weighted by Crippen LogP contribution is 2.40. The Hall–Kier alpha value is -3.73. The number of pyridine rings is 1. The van der Waals surface area contributed by atoms with E-state index in [0.29, 0.717) is 11.2 Å². The molecule has 1 unspecified atom stereocenters. The van der Waals surface area contributed by atoms with Crippen molar-refractivity contribution in [3.05, 3.63) is 77.7 Å². The van der Waals surface area contributed by atoms with Gasteiger partial charge in [0.25, 0.3) is 5.92 Å². The average molecular weight is 478 g/mol. The van der Waals surface area contributed by atoms with Crippen molar-refractivity contribution in [3.8, 4) is 16.9 Å². The van der Waals surface area contributed by atoms with E-state index < -0.39 is 47.8 Å². The van der Waals surface area contributed by atoms with Gasteiger partial charge in [0.2, 0.25) is 5.95 Å². The van der Waals surface area contributed by atoms with Crippen LogP contribution in [0.25, 0.3) is 16.8 Å². The van der Waals surface area contributed by atoms with E-state index in [-0.39, 0.29) is 17.1 Å². The lowest BCUT2D eigenvalue weighted by atomic mass is 9.87. The normalized spacial score (nSPS) is 13.7. The van der Waals surface area contributed by atoms with Gasteiger partial charge in [0, 0.05) is 23.7 Å². The molecule has 0 radical (unpaired) electrons. The minimum Gasteiger partial charge on any atom is -0.487 e. The molecule has 0 aliphatic rings. The average Bonchev–Trinajstić information content (AvgIpc) is 3.15. The van der Waals surface area contributed by atoms with Gasteiger partial charge in [-0.15, -0.1) is 5.10 Å². The first-order chi connectivity index (χ1) is 16.0. The Morgan fingerprint density at radius 2 is 1.74 bits per heavy atom. The van der Waals surface area contributed by atoms with E-state index in [1.54, 1.807) is 0 Å². The third kappa shape index (κ3) is 4.26. The van der Waals surface area contributed by atoms with E-state index in [1.165, 1.54) is 28.9 Å². The number of nitrogens with zero attached hydrogens (tertiary/aromatic N) is 3. The Labute approximate surface area is 190 Å². The molecule has 0 fully saturated rings. The number of anilines is 1. The van der Waals surface area contributed by atoms with Crippen LogP contribution in [0.1, 0.15) is 18.9 Å². The summed E-state index contributed by atoms with van der Waals surface area (Å²) in [4.78, 5) is 3.95. The minimum absolute atomic E-state index is 0.0122. The van der Waals surface area contributed by atoms with Gasteiger partial charge in [-0.05, 0) is 48.9 Å². The number of benzene rings is 2. The zero-order valence-corrected chi connectivity index (χ0v) is 17.8. The number of hydrogen-bond donors (Lipinski definition) is 2. The van der Waals surface area contributed by atoms with E-state index in [4.69, 9.17) is 10.5 Å². The number of rotatable bonds is 7. The molecule has 2 aromatic heterocycles. The summed E-state index contributed by atoms with van der Waals surface area (Å²) >= 11 is 0. The van der Waals surface area contributed by atoms with Gasteiger partial charge < -0.3 is 15.6 Å². The zero-order chi connectivity index (χ0) is 24.7. The van der Waals surface area contributed by atoms with E-state index in [9.17, 15) is 22.7 Å². The van der Waals surface area contributed by atoms with Gasteiger partial charge in [-0.2, -0.15) is 4.98 Å². The topological polar surface area (TPSA) is 85.7 Å². The van der Waals surface area contributed by atoms with Crippen LogP contribution in [0.2, 0.25) is 0 Å². The molecule has 0 saturated heterocycles. The Balaban J connectivity index is 1.54. The number of hydrogen-bond acceptors (Lipinski definition) is 5. The van der Waals surface area contributed by atoms with Crippen molar-refractivity contribution < 1.29 is 31.8 Å². The third-order valence-corrected chi connectivity index (χ3v) is 5.49. The molecule has 4 rings (SSSR count). The van der Waals surface area contributed by atoms with Gasteiger partial charge in [0.15, 0.2) is 28.6 Å². The summed E-state index contributed by atoms with van der Waals surface area (Å²) in [7, 11) is 0. The van der Waals surface area contributed by atoms with Crippen LogP contribution >= 0.6 is 0 Å². The number of alkyl halides is 2. The van der Waals surface area contributed by atoms with E-state index in [0.717, 1.165) is 37.3 Å². The van der Waals surface area contributed by atoms with Crippen LogP contribution < -0.4 is 10.5 Å². The highest BCUT2D eigenvalue weighted by atomic mass is 19.3. The molecule has 0 spiro atoms. The molecule has 34 heavy (non-hydrogen) atoms. The molecule has 4 aromatic rings. The van der Waals surface area contributed by atoms with Crippen molar-refractivity contribution in [3.63, 3.8) is 0 Å². The molecule has 0 amide bonds. The van der Waals surface area contributed by atoms with E-state index in [1.807, 2.05) is 0 Å². The molecular weight excluding hydrogens is 459 g/mol. The van der Waals surface area contributed by atoms with E-state index in [2.05, 4.69) is 10.1 Å². The van der Waals surface area contributed by atoms with Gasteiger partial charge in [0.05, 0.1) is 6.61 Å². The van der Waals surface area contributed by atoms with Gasteiger partial charge in [-0.3, -0.25) is 0 Å². The van der Waals surface area contributed by atoms with Gasteiger partial charge >= 0.3 is 0 Å². The fourth-order valence-corrected chi connectivity index (χ4v) is 3.46. The van der Waals surface area contributed by atoms with Crippen LogP contribution in [-0.2, 0) is 5.60 Å². The van der Waals surface area contributed by atoms with Crippen LogP contribution in [0.4, 0.5) is 27.9 Å². The molecule has 6 nitrogen and oxygen atoms in total. The maximum atomic E-state index is 15.1. The minimum atomic E-state index is -3.76. The third-order valence-electron chi connectivity index (χ3n) is 5.49. The fraction of sp³-hybridized carbons (Fsp3) is 0.217. The van der Waals surface area contributed by atoms with Gasteiger partial charge in [-0.25, -0.2) is 26.5 Å². The summed E-state index contributed by atoms with van der Waals surface area (Å²) in [6.07, 6.45) is 0.359. The Kier molecular flexibility index (Phi) is 5.90. The molecule has 11 heteroatoms. The smallest absolute Gasteiger partial charge is 0.283 e. The predicted octanol–water partition coefficient (Wildman–Crippen LogP) is 4.71. The van der Waals surface area contributed by atoms with Crippen molar-refractivity contribution in [2.75, 3.05) is 12.3 Å². The number of ether oxygens (including phenoxy) is 1. The number of aliphatic hydroxyl groups is 1. The molecule has 0 bridgehead atoms. The summed E-state index contributed by atoms with van der Waals surface area (Å²) in [5.41, 5.74) is 3.30. The van der Waals surface area contributed by atoms with E-state index >= 15 is 4.39 Å². The van der Waals surface area contributed by atoms with Crippen LogP contribution in [0.15, 0.2) is 54.7 Å². The summed E-state index contributed by atoms with van der Waals surface area (Å²) in [5.74, 6) is -7.41. The fourth-order valence-electron chi connectivity index (χ4n) is 3.46. The van der Waals surface area contributed by atoms with Crippen molar-refractivity contribution in [2.24, 2.45) is 0 Å². The number of halogens is 5. The second-order valence-corrected chi connectivity index (χ2v) is 7.81. The standard InChI is InChI=1S/C23H19F5N4O2/c1-22(33,14-3-5-15(24)6-4-14)23(27,28)10-11-34-20-17(25)8-7-16(19(20)26)13-2-9-18-30-21(29)31-32(18)12-13/h2-9,12,33H,10-11H2,1H3,(H2,29,31). The maximum Gasteiger partial charge on any atom is 0.283 e. The van der Waals surface area contributed by atoms with Crippen LogP contribution in [0.5, 0.6) is 5.75 Å². The second kappa shape index (κ2) is 8.56. The maximum absolute atomic E-state index is 15.1. The summed E-state index contributed by atoms with van der Waals surface area (Å²) < 4.78 is 78.3. The summed E-state index contributed by atoms with van der Waals surface area (Å²) in [6, 6.07) is 9.11. The Morgan fingerprint density at radius 3 is 2.44 bits per heavy atom. The summed E-state index contributed by atoms with van der Waals surface area (Å²) in [6.45, 7) is 0.0648. The van der Waals surface area contributed by atoms with Crippen molar-refractivity contribution in [1.82, 2.24) is 14.6 Å². The number of nitrogens with two attached hydrogens (primary N) is 1. The molecule has 2 heterocycles. The monoisotopic (exact) mass is 478 g/mol. The van der Waals surface area contributed by atoms with Gasteiger partial charge in [0.1, 0.15) is 5.82 Å². The highest BCUT2D eigenvalue weighted by molar-refractivity contribution is 5.67. The van der Waals surface area contributed by atoms with Crippen LogP contribution in [0.3, 0.4) is 0 Å². The SMILES string of the molecule is CC(O)(c1ccc(F)cc1)C(F)(F)CCOc1c(F)ccc(-c2ccc3nc(N)nn3c2)c1F. The first-order valence-electron chi connectivity index (χ1n) is 10.1. The lowest BCUT2D eigenvalue weighted by molar-refractivity contribution is -0.184. The van der Waals surface area contributed by atoms with Gasteiger partial charge in [-0.1, -0.05) is 12.1 Å². The number of nitrogen functional groups attached to an aromatic ring is 1. The Bertz CT molecular complexity index is 1340. The first-order valence-corrected chi connectivity index (χ1v) is 10.1. The molecular formula is C23H19F5N4O2. The molecule has 0 aliphatic heterocycles. The summed E-state index contributed by atoms with van der Waals surface area (Å²) in [5, 5.41) is 14.3. The molecule has 178 valence electrons. The van der Waals surface area contributed by atoms with Crippen LogP contribution in [-0.4, -0.2) is 32.2 Å². The first kappa shape index (κ1) is 23.4. The predicted molar refractivity (Wildman–Crippen MR) is 114 cm³/mol. The lowest BCUT2D eigenvalue weighted by Crippen LogP contribution is -2.43. The Morgan fingerprint density at radius 1 is 1.03 bits per heavy atom. The largest absolute Gasteiger partial charge is 0.487 e. The number of aromatic nitrogens is 3.